The molecule has 8 nitrogen and oxygen atoms in total. The number of carbonyl (C=O) groups excluding carboxylic acids is 3. The molecule has 1 aliphatic rings. The topological polar surface area (TPSA) is 117 Å². The summed E-state index contributed by atoms with van der Waals surface area (Å²) in [6.45, 7) is 2.99. The molecule has 3 amide bonds. The van der Waals surface area contributed by atoms with Crippen molar-refractivity contribution < 1.29 is 14.4 Å². The molecule has 2 heterocycles. The monoisotopic (exact) mass is 409 g/mol. The number of anilines is 1. The van der Waals surface area contributed by atoms with E-state index in [1.165, 1.54) is 6.20 Å². The number of carbonyl (C=O) groups is 3. The SMILES string of the molecule is NC(=O)C1CCCN(CCCNC(=O)c2cccc(NC(=O)c3cccnc3)c2)C1. The summed E-state index contributed by atoms with van der Waals surface area (Å²) < 4.78 is 0. The van der Waals surface area contributed by atoms with Gasteiger partial charge in [0.25, 0.3) is 11.8 Å². The van der Waals surface area contributed by atoms with Crippen LogP contribution in [0, 0.1) is 5.92 Å². The number of hydrogen-bond donors (Lipinski definition) is 3. The van der Waals surface area contributed by atoms with E-state index in [2.05, 4.69) is 20.5 Å². The summed E-state index contributed by atoms with van der Waals surface area (Å²) in [6.07, 6.45) is 5.70. The maximum atomic E-state index is 12.4. The molecule has 1 fully saturated rings. The number of likely N-dealkylation sites (tertiary alicyclic amines) is 1. The Labute approximate surface area is 175 Å². The number of nitrogens with zero attached hydrogens (tertiary/aromatic N) is 2. The molecular weight excluding hydrogens is 382 g/mol. The van der Waals surface area contributed by atoms with Gasteiger partial charge in [-0.3, -0.25) is 19.4 Å². The Morgan fingerprint density at radius 1 is 1.13 bits per heavy atom. The molecule has 0 saturated carbocycles. The molecule has 0 aliphatic carbocycles. The van der Waals surface area contributed by atoms with Crippen molar-refractivity contribution in [3.05, 3.63) is 59.9 Å². The number of nitrogens with one attached hydrogen (secondary N) is 2. The molecule has 1 aromatic carbocycles. The fourth-order valence-electron chi connectivity index (χ4n) is 3.54. The fourth-order valence-corrected chi connectivity index (χ4v) is 3.54. The first-order chi connectivity index (χ1) is 14.5. The molecular formula is C22H27N5O3. The Hall–Kier alpha value is -3.26. The summed E-state index contributed by atoms with van der Waals surface area (Å²) >= 11 is 0. The highest BCUT2D eigenvalue weighted by Gasteiger charge is 2.23. The Balaban J connectivity index is 1.45. The van der Waals surface area contributed by atoms with E-state index in [-0.39, 0.29) is 23.6 Å². The lowest BCUT2D eigenvalue weighted by Crippen LogP contribution is -2.42. The first-order valence-electron chi connectivity index (χ1n) is 10.1. The predicted molar refractivity (Wildman–Crippen MR) is 114 cm³/mol. The first kappa shape index (κ1) is 21.4. The van der Waals surface area contributed by atoms with Crippen molar-refractivity contribution in [1.82, 2.24) is 15.2 Å². The van der Waals surface area contributed by atoms with E-state index < -0.39 is 0 Å². The van der Waals surface area contributed by atoms with E-state index in [9.17, 15) is 14.4 Å². The molecule has 0 bridgehead atoms. The molecule has 1 atom stereocenters. The van der Waals surface area contributed by atoms with Crippen molar-refractivity contribution >= 4 is 23.4 Å². The minimum Gasteiger partial charge on any atom is -0.369 e. The van der Waals surface area contributed by atoms with Gasteiger partial charge in [0.15, 0.2) is 0 Å². The molecule has 0 spiro atoms. The Morgan fingerprint density at radius 2 is 1.97 bits per heavy atom. The number of rotatable bonds is 8. The largest absolute Gasteiger partial charge is 0.369 e. The van der Waals surface area contributed by atoms with Gasteiger partial charge >= 0.3 is 0 Å². The normalized spacial score (nSPS) is 16.6. The van der Waals surface area contributed by atoms with E-state index >= 15 is 0 Å². The van der Waals surface area contributed by atoms with Gasteiger partial charge in [-0.1, -0.05) is 6.07 Å². The molecule has 1 aromatic heterocycles. The summed E-state index contributed by atoms with van der Waals surface area (Å²) in [7, 11) is 0. The maximum Gasteiger partial charge on any atom is 0.257 e. The third-order valence-corrected chi connectivity index (χ3v) is 5.15. The van der Waals surface area contributed by atoms with Crippen molar-refractivity contribution in [2.24, 2.45) is 11.7 Å². The second kappa shape index (κ2) is 10.5. The molecule has 1 unspecified atom stereocenters. The van der Waals surface area contributed by atoms with Crippen molar-refractivity contribution in [3.8, 4) is 0 Å². The van der Waals surface area contributed by atoms with Gasteiger partial charge in [0.2, 0.25) is 5.91 Å². The maximum absolute atomic E-state index is 12.4. The van der Waals surface area contributed by atoms with E-state index in [1.807, 2.05) is 0 Å². The average Bonchev–Trinajstić information content (AvgIpc) is 2.77. The number of hydrogen-bond acceptors (Lipinski definition) is 5. The third-order valence-electron chi connectivity index (χ3n) is 5.15. The summed E-state index contributed by atoms with van der Waals surface area (Å²) in [5.74, 6) is -0.779. The predicted octanol–water partition coefficient (Wildman–Crippen LogP) is 1.65. The first-order valence-corrected chi connectivity index (χ1v) is 10.1. The summed E-state index contributed by atoms with van der Waals surface area (Å²) in [5.41, 5.74) is 6.88. The van der Waals surface area contributed by atoms with Crippen LogP contribution in [0.25, 0.3) is 0 Å². The molecule has 8 heteroatoms. The van der Waals surface area contributed by atoms with E-state index in [1.54, 1.807) is 42.6 Å². The zero-order chi connectivity index (χ0) is 21.3. The molecule has 158 valence electrons. The standard InChI is InChI=1S/C22H27N5O3/c23-20(28)18-7-3-11-27(15-18)12-4-10-25-21(29)16-5-1-8-19(13-16)26-22(30)17-6-2-9-24-14-17/h1-2,5-6,8-9,13-14,18H,3-4,7,10-12,15H2,(H2,23,28)(H,25,29)(H,26,30). The van der Waals surface area contributed by atoms with Crippen LogP contribution in [0.1, 0.15) is 40.0 Å². The number of benzene rings is 1. The Bertz CT molecular complexity index is 887. The summed E-state index contributed by atoms with van der Waals surface area (Å²) in [6, 6.07) is 10.2. The summed E-state index contributed by atoms with van der Waals surface area (Å²) in [5, 5.41) is 5.68. The zero-order valence-electron chi connectivity index (χ0n) is 16.8. The van der Waals surface area contributed by atoms with E-state index in [0.29, 0.717) is 29.9 Å². The second-order valence-electron chi connectivity index (χ2n) is 7.43. The van der Waals surface area contributed by atoms with Crippen molar-refractivity contribution in [2.45, 2.75) is 19.3 Å². The van der Waals surface area contributed by atoms with E-state index in [0.717, 1.165) is 32.4 Å². The van der Waals surface area contributed by atoms with Crippen molar-refractivity contribution in [3.63, 3.8) is 0 Å². The van der Waals surface area contributed by atoms with Gasteiger partial charge in [-0.25, -0.2) is 0 Å². The number of piperidine rings is 1. The molecule has 4 N–H and O–H groups in total. The van der Waals surface area contributed by atoms with Crippen LogP contribution in [0.15, 0.2) is 48.8 Å². The van der Waals surface area contributed by atoms with Crippen LogP contribution in [-0.2, 0) is 4.79 Å². The van der Waals surface area contributed by atoms with Gasteiger partial charge in [0.05, 0.1) is 11.5 Å². The van der Waals surface area contributed by atoms with Gasteiger partial charge in [-0.2, -0.15) is 0 Å². The zero-order valence-corrected chi connectivity index (χ0v) is 16.8. The van der Waals surface area contributed by atoms with Crippen LogP contribution >= 0.6 is 0 Å². The van der Waals surface area contributed by atoms with Crippen molar-refractivity contribution in [2.75, 3.05) is 31.5 Å². The Kier molecular flexibility index (Phi) is 7.51. The van der Waals surface area contributed by atoms with Crippen molar-refractivity contribution in [1.29, 1.82) is 0 Å². The summed E-state index contributed by atoms with van der Waals surface area (Å²) in [4.78, 5) is 42.2. The number of nitrogens with two attached hydrogens (primary N) is 1. The van der Waals surface area contributed by atoms with Gasteiger partial charge in [-0.15, -0.1) is 0 Å². The lowest BCUT2D eigenvalue weighted by molar-refractivity contribution is -0.123. The lowest BCUT2D eigenvalue weighted by atomic mass is 9.97. The fraction of sp³-hybridized carbons (Fsp3) is 0.364. The number of pyridine rings is 1. The smallest absolute Gasteiger partial charge is 0.257 e. The minimum atomic E-state index is -0.281. The number of amides is 3. The molecule has 1 saturated heterocycles. The van der Waals surface area contributed by atoms with Gasteiger partial charge in [-0.05, 0) is 62.7 Å². The third kappa shape index (κ3) is 6.12. The highest BCUT2D eigenvalue weighted by molar-refractivity contribution is 6.04. The van der Waals surface area contributed by atoms with Crippen LogP contribution in [-0.4, -0.2) is 53.8 Å². The van der Waals surface area contributed by atoms with Gasteiger partial charge in [0, 0.05) is 36.7 Å². The molecule has 3 rings (SSSR count). The Morgan fingerprint density at radius 3 is 2.73 bits per heavy atom. The molecule has 30 heavy (non-hydrogen) atoms. The van der Waals surface area contributed by atoms with Crippen LogP contribution in [0.2, 0.25) is 0 Å². The van der Waals surface area contributed by atoms with Gasteiger partial charge in [0.1, 0.15) is 0 Å². The van der Waals surface area contributed by atoms with Gasteiger partial charge < -0.3 is 21.3 Å². The van der Waals surface area contributed by atoms with Crippen LogP contribution in [0.5, 0.6) is 0 Å². The molecule has 1 aliphatic heterocycles. The second-order valence-corrected chi connectivity index (χ2v) is 7.43. The number of aromatic nitrogens is 1. The number of primary amides is 1. The minimum absolute atomic E-state index is 0.0713. The van der Waals surface area contributed by atoms with Crippen LogP contribution < -0.4 is 16.4 Å². The quantitative estimate of drug-likeness (QED) is 0.573. The molecule has 0 radical (unpaired) electrons. The van der Waals surface area contributed by atoms with Crippen LogP contribution in [0.4, 0.5) is 5.69 Å². The van der Waals surface area contributed by atoms with E-state index in [4.69, 9.17) is 5.73 Å². The highest BCUT2D eigenvalue weighted by Crippen LogP contribution is 2.16. The van der Waals surface area contributed by atoms with Crippen LogP contribution in [0.3, 0.4) is 0 Å². The molecule has 2 aromatic rings. The lowest BCUT2D eigenvalue weighted by Gasteiger charge is -2.31. The average molecular weight is 409 g/mol. The highest BCUT2D eigenvalue weighted by atomic mass is 16.2.